The van der Waals surface area contributed by atoms with Gasteiger partial charge in [-0.15, -0.1) is 0 Å². The van der Waals surface area contributed by atoms with Gasteiger partial charge in [-0.3, -0.25) is 9.69 Å². The van der Waals surface area contributed by atoms with Crippen molar-refractivity contribution in [2.24, 2.45) is 0 Å². The average molecular weight is 534 g/mol. The number of piperidine rings is 1. The highest BCUT2D eigenvalue weighted by Gasteiger charge is 2.47. The monoisotopic (exact) mass is 533 g/mol. The van der Waals surface area contributed by atoms with E-state index in [1.807, 2.05) is 60.7 Å². The summed E-state index contributed by atoms with van der Waals surface area (Å²) >= 11 is 0. The second-order valence-electron chi connectivity index (χ2n) is 10.5. The highest BCUT2D eigenvalue weighted by Crippen LogP contribution is 2.44. The third kappa shape index (κ3) is 5.36. The highest BCUT2D eigenvalue weighted by atomic mass is 19.4. The minimum atomic E-state index is -4.50. The normalized spacial score (nSPS) is 20.4. The van der Waals surface area contributed by atoms with Gasteiger partial charge in [-0.05, 0) is 40.8 Å². The first-order valence-electron chi connectivity index (χ1n) is 13.3. The summed E-state index contributed by atoms with van der Waals surface area (Å²) < 4.78 is 43.4. The fourth-order valence-electron chi connectivity index (χ4n) is 5.71. The number of hydrogen-bond acceptors (Lipinski definition) is 4. The number of fused-ring (bicyclic) bond motifs is 2. The van der Waals surface area contributed by atoms with Crippen LogP contribution in [0.4, 0.5) is 19.0 Å². The van der Waals surface area contributed by atoms with E-state index < -0.39 is 24.2 Å². The maximum absolute atomic E-state index is 14.1. The Kier molecular flexibility index (Phi) is 6.76. The molecule has 3 heterocycles. The van der Waals surface area contributed by atoms with Crippen LogP contribution >= 0.6 is 0 Å². The van der Waals surface area contributed by atoms with Crippen LogP contribution in [-0.2, 0) is 6.54 Å². The van der Waals surface area contributed by atoms with Crippen molar-refractivity contribution < 1.29 is 18.0 Å². The predicted molar refractivity (Wildman–Crippen MR) is 144 cm³/mol. The number of likely N-dealkylation sites (tertiary alicyclic amines) is 1. The van der Waals surface area contributed by atoms with E-state index in [4.69, 9.17) is 0 Å². The Balaban J connectivity index is 1.18. The molecule has 2 N–H and O–H groups in total. The molecule has 0 radical (unpaired) electrons. The summed E-state index contributed by atoms with van der Waals surface area (Å²) in [6.45, 7) is 2.53. The average Bonchev–Trinajstić information content (AvgIpc) is 3.37. The molecule has 6 rings (SSSR count). The van der Waals surface area contributed by atoms with E-state index in [2.05, 4.69) is 32.8 Å². The molecule has 39 heavy (non-hydrogen) atoms. The Bertz CT molecular complexity index is 1460. The Morgan fingerprint density at radius 1 is 0.974 bits per heavy atom. The number of anilines is 1. The summed E-state index contributed by atoms with van der Waals surface area (Å²) in [6.07, 6.45) is -1.90. The lowest BCUT2D eigenvalue weighted by molar-refractivity contribution is -0.173. The summed E-state index contributed by atoms with van der Waals surface area (Å²) in [4.78, 5) is 15.6. The van der Waals surface area contributed by atoms with Crippen molar-refractivity contribution in [1.29, 1.82) is 0 Å². The lowest BCUT2D eigenvalue weighted by atomic mass is 9.94. The first-order valence-corrected chi connectivity index (χ1v) is 13.3. The summed E-state index contributed by atoms with van der Waals surface area (Å²) in [5.41, 5.74) is 2.13. The Hall–Kier alpha value is -3.85. The number of benzene rings is 3. The third-order valence-corrected chi connectivity index (χ3v) is 7.83. The van der Waals surface area contributed by atoms with Crippen molar-refractivity contribution in [3.8, 4) is 0 Å². The van der Waals surface area contributed by atoms with Crippen LogP contribution in [0.25, 0.3) is 10.8 Å². The van der Waals surface area contributed by atoms with Crippen LogP contribution in [0.2, 0.25) is 0 Å². The van der Waals surface area contributed by atoms with Crippen molar-refractivity contribution in [3.63, 3.8) is 0 Å². The van der Waals surface area contributed by atoms with Crippen LogP contribution in [0, 0.1) is 0 Å². The molecule has 0 bridgehead atoms. The zero-order valence-corrected chi connectivity index (χ0v) is 21.4. The number of alkyl halides is 3. The van der Waals surface area contributed by atoms with Gasteiger partial charge in [0.05, 0.1) is 12.2 Å². The lowest BCUT2D eigenvalue weighted by Gasteiger charge is -2.34. The largest absolute Gasteiger partial charge is 0.410 e. The number of carbonyl (C=O) groups is 1. The maximum atomic E-state index is 14.1. The van der Waals surface area contributed by atoms with E-state index >= 15 is 0 Å². The summed E-state index contributed by atoms with van der Waals surface area (Å²) in [6, 6.07) is 21.2. The lowest BCUT2D eigenvalue weighted by Crippen LogP contribution is -2.44. The van der Waals surface area contributed by atoms with Crippen molar-refractivity contribution in [3.05, 3.63) is 95.7 Å². The number of amides is 1. The maximum Gasteiger partial charge on any atom is 0.410 e. The molecule has 1 fully saturated rings. The fourth-order valence-corrected chi connectivity index (χ4v) is 5.71. The molecule has 0 spiro atoms. The smallest absolute Gasteiger partial charge is 0.363 e. The second kappa shape index (κ2) is 10.4. The standard InChI is InChI=1S/C30H30F3N5O/c31-30(32,33)27-17-26(23-11-10-21-8-4-5-9-22(21)16-23)36-28-25(18-34-38(27)28)29(39)35-24-12-14-37(15-13-24)19-20-6-2-1-3-7-20/h1-11,16,18,24,26-27,36H,12-15,17,19H2,(H,35,39). The van der Waals surface area contributed by atoms with Crippen LogP contribution in [0.15, 0.2) is 79.0 Å². The number of nitrogens with one attached hydrogen (secondary N) is 2. The number of carbonyl (C=O) groups excluding carboxylic acids is 1. The number of hydrogen-bond donors (Lipinski definition) is 2. The highest BCUT2D eigenvalue weighted by molar-refractivity contribution is 5.99. The minimum absolute atomic E-state index is 0.0432. The molecule has 2 aliphatic heterocycles. The van der Waals surface area contributed by atoms with E-state index in [0.717, 1.165) is 53.5 Å². The number of rotatable bonds is 5. The molecule has 202 valence electrons. The Morgan fingerprint density at radius 2 is 1.69 bits per heavy atom. The van der Waals surface area contributed by atoms with Crippen LogP contribution < -0.4 is 10.6 Å². The molecule has 4 aromatic rings. The van der Waals surface area contributed by atoms with E-state index in [9.17, 15) is 18.0 Å². The first kappa shape index (κ1) is 25.4. The van der Waals surface area contributed by atoms with E-state index in [0.29, 0.717) is 0 Å². The summed E-state index contributed by atoms with van der Waals surface area (Å²) in [5, 5.41) is 12.3. The quantitative estimate of drug-likeness (QED) is 0.326. The van der Waals surface area contributed by atoms with Crippen LogP contribution in [0.1, 0.15) is 52.8 Å². The molecular formula is C30H30F3N5O. The van der Waals surface area contributed by atoms with Gasteiger partial charge in [0.2, 0.25) is 0 Å². The molecule has 1 amide bonds. The summed E-state index contributed by atoms with van der Waals surface area (Å²) in [5.74, 6) is -0.286. The van der Waals surface area contributed by atoms with Gasteiger partial charge >= 0.3 is 6.18 Å². The topological polar surface area (TPSA) is 62.2 Å². The molecule has 2 atom stereocenters. The second-order valence-corrected chi connectivity index (χ2v) is 10.5. The van der Waals surface area contributed by atoms with E-state index in [1.54, 1.807) is 0 Å². The molecule has 0 aliphatic carbocycles. The van der Waals surface area contributed by atoms with Crippen molar-refractivity contribution in [2.75, 3.05) is 18.4 Å². The molecule has 9 heteroatoms. The SMILES string of the molecule is O=C(NC1CCN(Cc2ccccc2)CC1)c1cnn2c1NC(c1ccc3ccccc3c1)CC2C(F)(F)F. The van der Waals surface area contributed by atoms with Gasteiger partial charge < -0.3 is 10.6 Å². The van der Waals surface area contributed by atoms with Crippen molar-refractivity contribution in [2.45, 2.75) is 50.1 Å². The van der Waals surface area contributed by atoms with Gasteiger partial charge in [-0.1, -0.05) is 66.7 Å². The molecule has 6 nitrogen and oxygen atoms in total. The van der Waals surface area contributed by atoms with Gasteiger partial charge in [0.1, 0.15) is 11.4 Å². The van der Waals surface area contributed by atoms with Gasteiger partial charge in [-0.2, -0.15) is 18.3 Å². The number of nitrogens with zero attached hydrogens (tertiary/aromatic N) is 3. The first-order chi connectivity index (χ1) is 18.8. The zero-order valence-electron chi connectivity index (χ0n) is 21.4. The van der Waals surface area contributed by atoms with E-state index in [1.165, 1.54) is 11.8 Å². The van der Waals surface area contributed by atoms with Gasteiger partial charge in [-0.25, -0.2) is 4.68 Å². The van der Waals surface area contributed by atoms with Crippen LogP contribution in [0.5, 0.6) is 0 Å². The van der Waals surface area contributed by atoms with Crippen LogP contribution in [-0.4, -0.2) is 45.9 Å². The molecule has 1 saturated heterocycles. The van der Waals surface area contributed by atoms with Gasteiger partial charge in [0, 0.05) is 32.1 Å². The van der Waals surface area contributed by atoms with Crippen molar-refractivity contribution in [1.82, 2.24) is 20.0 Å². The number of aromatic nitrogens is 2. The Morgan fingerprint density at radius 3 is 2.44 bits per heavy atom. The third-order valence-electron chi connectivity index (χ3n) is 7.83. The van der Waals surface area contributed by atoms with Crippen LogP contribution in [0.3, 0.4) is 0 Å². The molecule has 2 unspecified atom stereocenters. The molecule has 0 saturated carbocycles. The molecule has 1 aromatic heterocycles. The summed E-state index contributed by atoms with van der Waals surface area (Å²) in [7, 11) is 0. The minimum Gasteiger partial charge on any atom is -0.363 e. The Labute approximate surface area is 224 Å². The predicted octanol–water partition coefficient (Wildman–Crippen LogP) is 6.09. The van der Waals surface area contributed by atoms with Gasteiger partial charge in [0.25, 0.3) is 5.91 Å². The molecular weight excluding hydrogens is 503 g/mol. The van der Waals surface area contributed by atoms with Gasteiger partial charge in [0.15, 0.2) is 6.04 Å². The number of halogens is 3. The zero-order chi connectivity index (χ0) is 27.0. The van der Waals surface area contributed by atoms with Crippen molar-refractivity contribution >= 4 is 22.5 Å². The fraction of sp³-hybridized carbons (Fsp3) is 0.333. The molecule has 3 aromatic carbocycles. The van der Waals surface area contributed by atoms with E-state index in [-0.39, 0.29) is 23.8 Å². The molecule has 2 aliphatic rings.